The maximum atomic E-state index is 13.9. The lowest BCUT2D eigenvalue weighted by Crippen LogP contribution is -2.27. The van der Waals surface area contributed by atoms with Crippen LogP contribution in [-0.2, 0) is 11.3 Å². The Morgan fingerprint density at radius 2 is 2.00 bits per heavy atom. The molecule has 1 aliphatic heterocycles. The van der Waals surface area contributed by atoms with E-state index in [2.05, 4.69) is 15.9 Å². The second-order valence-corrected chi connectivity index (χ2v) is 7.80. The first kappa shape index (κ1) is 19.6. The number of rotatable bonds is 6. The molecule has 0 radical (unpaired) electrons. The van der Waals surface area contributed by atoms with Gasteiger partial charge >= 0.3 is 0 Å². The number of hydrogen-bond acceptors (Lipinski definition) is 4. The van der Waals surface area contributed by atoms with Crippen LogP contribution in [0.2, 0.25) is 0 Å². The quantitative estimate of drug-likeness (QED) is 0.537. The molecule has 2 aromatic rings. The summed E-state index contributed by atoms with van der Waals surface area (Å²) in [5, 5.41) is -0.416. The van der Waals surface area contributed by atoms with Gasteiger partial charge in [-0.3, -0.25) is 14.5 Å². The van der Waals surface area contributed by atoms with Crippen molar-refractivity contribution in [2.75, 3.05) is 6.61 Å². The van der Waals surface area contributed by atoms with Gasteiger partial charge in [-0.15, -0.1) is 0 Å². The summed E-state index contributed by atoms with van der Waals surface area (Å²) in [4.78, 5) is 26.3. The van der Waals surface area contributed by atoms with Crippen molar-refractivity contribution in [2.24, 2.45) is 0 Å². The van der Waals surface area contributed by atoms with Crippen LogP contribution in [0.15, 0.2) is 51.8 Å². The lowest BCUT2D eigenvalue weighted by molar-refractivity contribution is -0.123. The summed E-state index contributed by atoms with van der Waals surface area (Å²) >= 11 is 4.25. The van der Waals surface area contributed by atoms with Crippen molar-refractivity contribution < 1.29 is 18.7 Å². The number of amides is 2. The molecule has 27 heavy (non-hydrogen) atoms. The molecule has 1 aliphatic rings. The number of nitrogens with zero attached hydrogens (tertiary/aromatic N) is 1. The summed E-state index contributed by atoms with van der Waals surface area (Å²) in [7, 11) is 0. The van der Waals surface area contributed by atoms with Crippen molar-refractivity contribution >= 4 is 44.9 Å². The van der Waals surface area contributed by atoms with Gasteiger partial charge in [0.05, 0.1) is 18.1 Å². The van der Waals surface area contributed by atoms with Gasteiger partial charge in [0.2, 0.25) is 0 Å². The highest BCUT2D eigenvalue weighted by molar-refractivity contribution is 9.10. The maximum absolute atomic E-state index is 13.9. The van der Waals surface area contributed by atoms with Crippen LogP contribution in [0.3, 0.4) is 0 Å². The normalized spacial score (nSPS) is 15.7. The largest absolute Gasteiger partial charge is 0.493 e. The van der Waals surface area contributed by atoms with E-state index >= 15 is 0 Å². The molecule has 3 rings (SSSR count). The SMILES string of the molecule is CCCOc1ccc(Br)cc1/C=C1/SC(=O)N(Cc2ccccc2F)C1=O. The number of benzene rings is 2. The second-order valence-electron chi connectivity index (χ2n) is 5.89. The van der Waals surface area contributed by atoms with E-state index in [4.69, 9.17) is 4.74 Å². The number of halogens is 2. The molecule has 0 aliphatic carbocycles. The van der Waals surface area contributed by atoms with Crippen molar-refractivity contribution in [3.05, 3.63) is 68.8 Å². The fourth-order valence-corrected chi connectivity index (χ4v) is 3.76. The molecule has 4 nitrogen and oxygen atoms in total. The summed E-state index contributed by atoms with van der Waals surface area (Å²) in [6, 6.07) is 11.6. The Hall–Kier alpha value is -2.12. The fraction of sp³-hybridized carbons (Fsp3) is 0.200. The predicted molar refractivity (Wildman–Crippen MR) is 108 cm³/mol. The highest BCUT2D eigenvalue weighted by Gasteiger charge is 2.35. The minimum Gasteiger partial charge on any atom is -0.493 e. The van der Waals surface area contributed by atoms with E-state index in [1.54, 1.807) is 24.3 Å². The third-order valence-corrected chi connectivity index (χ3v) is 5.28. The van der Waals surface area contributed by atoms with Gasteiger partial charge in [0.1, 0.15) is 11.6 Å². The van der Waals surface area contributed by atoms with Crippen molar-refractivity contribution in [3.63, 3.8) is 0 Å². The zero-order valence-corrected chi connectivity index (χ0v) is 17.0. The molecule has 0 atom stereocenters. The number of ether oxygens (including phenoxy) is 1. The molecule has 0 spiro atoms. The van der Waals surface area contributed by atoms with Gasteiger partial charge < -0.3 is 4.74 Å². The van der Waals surface area contributed by atoms with E-state index in [1.807, 2.05) is 25.1 Å². The Balaban J connectivity index is 1.86. The van der Waals surface area contributed by atoms with Crippen molar-refractivity contribution in [1.82, 2.24) is 4.90 Å². The standard InChI is InChI=1S/C20H17BrFNO3S/c1-2-9-26-17-8-7-15(21)10-14(17)11-18-19(24)23(20(25)27-18)12-13-5-3-4-6-16(13)22/h3-8,10-11H,2,9,12H2,1H3/b18-11+. The molecule has 140 valence electrons. The average Bonchev–Trinajstić information content (AvgIpc) is 2.90. The smallest absolute Gasteiger partial charge is 0.293 e. The third-order valence-electron chi connectivity index (χ3n) is 3.88. The molecule has 7 heteroatoms. The number of hydrogen-bond donors (Lipinski definition) is 0. The first-order valence-electron chi connectivity index (χ1n) is 8.40. The van der Waals surface area contributed by atoms with Crippen LogP contribution >= 0.6 is 27.7 Å². The Morgan fingerprint density at radius 3 is 2.74 bits per heavy atom. The molecule has 1 fully saturated rings. The predicted octanol–water partition coefficient (Wildman–Crippen LogP) is 5.61. The molecule has 0 saturated carbocycles. The number of carbonyl (C=O) groups is 2. The van der Waals surface area contributed by atoms with Gasteiger partial charge in [0.15, 0.2) is 0 Å². The molecule has 0 bridgehead atoms. The fourth-order valence-electron chi connectivity index (χ4n) is 2.55. The van der Waals surface area contributed by atoms with Crippen LogP contribution in [-0.4, -0.2) is 22.7 Å². The molecule has 1 heterocycles. The summed E-state index contributed by atoms with van der Waals surface area (Å²) in [6.07, 6.45) is 2.50. The Labute approximate surface area is 169 Å². The molecule has 0 unspecified atom stereocenters. The highest BCUT2D eigenvalue weighted by Crippen LogP contribution is 2.35. The van der Waals surface area contributed by atoms with E-state index in [0.717, 1.165) is 27.6 Å². The van der Waals surface area contributed by atoms with Gasteiger partial charge in [-0.1, -0.05) is 41.1 Å². The number of thioether (sulfide) groups is 1. The van der Waals surface area contributed by atoms with Crippen LogP contribution < -0.4 is 4.74 Å². The second kappa shape index (κ2) is 8.71. The lowest BCUT2D eigenvalue weighted by Gasteiger charge is -2.13. The molecular formula is C20H17BrFNO3S. The van der Waals surface area contributed by atoms with E-state index in [1.165, 1.54) is 6.07 Å². The van der Waals surface area contributed by atoms with E-state index < -0.39 is 17.0 Å². The first-order valence-corrected chi connectivity index (χ1v) is 10.0. The van der Waals surface area contributed by atoms with E-state index in [-0.39, 0.29) is 11.4 Å². The first-order chi connectivity index (χ1) is 13.0. The zero-order valence-electron chi connectivity index (χ0n) is 14.6. The van der Waals surface area contributed by atoms with Gasteiger partial charge in [0, 0.05) is 15.6 Å². The van der Waals surface area contributed by atoms with Gasteiger partial charge in [-0.2, -0.15) is 0 Å². The highest BCUT2D eigenvalue weighted by atomic mass is 79.9. The van der Waals surface area contributed by atoms with Crippen LogP contribution in [0.5, 0.6) is 5.75 Å². The van der Waals surface area contributed by atoms with Crippen molar-refractivity contribution in [3.8, 4) is 5.75 Å². The molecule has 1 saturated heterocycles. The summed E-state index contributed by atoms with van der Waals surface area (Å²) in [5.74, 6) is -0.238. The van der Waals surface area contributed by atoms with Gasteiger partial charge in [-0.05, 0) is 48.5 Å². The van der Waals surface area contributed by atoms with Crippen molar-refractivity contribution in [1.29, 1.82) is 0 Å². The summed E-state index contributed by atoms with van der Waals surface area (Å²) in [6.45, 7) is 2.47. The van der Waals surface area contributed by atoms with Gasteiger partial charge in [0.25, 0.3) is 11.1 Å². The summed E-state index contributed by atoms with van der Waals surface area (Å²) in [5.41, 5.74) is 1.00. The minimum atomic E-state index is -0.442. The Morgan fingerprint density at radius 1 is 1.22 bits per heavy atom. The monoisotopic (exact) mass is 449 g/mol. The average molecular weight is 450 g/mol. The molecule has 0 N–H and O–H groups in total. The van der Waals surface area contributed by atoms with Crippen molar-refractivity contribution in [2.45, 2.75) is 19.9 Å². The maximum Gasteiger partial charge on any atom is 0.293 e. The van der Waals surface area contributed by atoms with E-state index in [9.17, 15) is 14.0 Å². The van der Waals surface area contributed by atoms with Crippen LogP contribution in [0, 0.1) is 5.82 Å². The zero-order chi connectivity index (χ0) is 19.4. The van der Waals surface area contributed by atoms with Crippen LogP contribution in [0.1, 0.15) is 24.5 Å². The number of carbonyl (C=O) groups excluding carboxylic acids is 2. The Bertz CT molecular complexity index is 916. The van der Waals surface area contributed by atoms with Crippen LogP contribution in [0.4, 0.5) is 9.18 Å². The molecule has 0 aromatic heterocycles. The Kier molecular flexibility index (Phi) is 6.34. The van der Waals surface area contributed by atoms with Gasteiger partial charge in [-0.25, -0.2) is 4.39 Å². The summed E-state index contributed by atoms with van der Waals surface area (Å²) < 4.78 is 20.4. The lowest BCUT2D eigenvalue weighted by atomic mass is 10.1. The third kappa shape index (κ3) is 4.59. The molecular weight excluding hydrogens is 433 g/mol. The molecule has 2 amide bonds. The van der Waals surface area contributed by atoms with E-state index in [0.29, 0.717) is 23.5 Å². The van der Waals surface area contributed by atoms with Crippen LogP contribution in [0.25, 0.3) is 6.08 Å². The minimum absolute atomic E-state index is 0.0909. The number of imide groups is 1. The molecule has 2 aromatic carbocycles. The topological polar surface area (TPSA) is 46.6 Å².